The SMILES string of the molecule is CCCCCCCCCCCCCCCCCC(=O)OC(C)C(=O)OC1=CC[C@@]2(O)[C@H]3Cc4ccc(O)c5c4[C@@]2(CCN3C)[C@H]1O5. The number of aromatic hydroxyl groups is 1. The van der Waals surface area contributed by atoms with Gasteiger partial charge in [-0.1, -0.05) is 103 Å². The molecule has 4 aliphatic rings. The monoisotopic (exact) mass is 639 g/mol. The Morgan fingerprint density at radius 2 is 1.59 bits per heavy atom. The van der Waals surface area contributed by atoms with Crippen molar-refractivity contribution in [1.29, 1.82) is 0 Å². The van der Waals surface area contributed by atoms with Gasteiger partial charge >= 0.3 is 11.9 Å². The van der Waals surface area contributed by atoms with Crippen LogP contribution in [0.2, 0.25) is 0 Å². The fourth-order valence-electron chi connectivity index (χ4n) is 8.58. The predicted molar refractivity (Wildman–Crippen MR) is 178 cm³/mol. The lowest BCUT2D eigenvalue weighted by Gasteiger charge is -2.61. The summed E-state index contributed by atoms with van der Waals surface area (Å²) in [6, 6.07) is 3.43. The van der Waals surface area contributed by atoms with E-state index in [1.165, 1.54) is 84.0 Å². The third-order valence-electron chi connectivity index (χ3n) is 11.2. The standard InChI is InChI=1S/C38H57NO7/c1-4-5-6-7-8-9-10-11-12-13-14-15-16-17-18-19-32(41)44-27(2)36(42)45-30-22-23-38(43)31-26-28-20-21-29(40)34-33(28)37(38,35(30)46-34)24-25-39(31)3/h20-22,27,31,35,40,43H,4-19,23-26H2,1-3H3/t27?,31-,35+,37+,38-/m1/s1. The fraction of sp³-hybridized carbons (Fsp3) is 0.737. The summed E-state index contributed by atoms with van der Waals surface area (Å²) in [4.78, 5) is 27.9. The summed E-state index contributed by atoms with van der Waals surface area (Å²) in [5.41, 5.74) is -0.0686. The molecule has 2 N–H and O–H groups in total. The number of phenolic OH excluding ortho intramolecular Hbond substituents is 1. The van der Waals surface area contributed by atoms with Crippen LogP contribution in [0.5, 0.6) is 11.5 Å². The Kier molecular flexibility index (Phi) is 11.7. The third kappa shape index (κ3) is 6.99. The number of likely N-dealkylation sites (N-methyl/N-ethyl adjacent to an activating group) is 1. The molecule has 2 aliphatic carbocycles. The summed E-state index contributed by atoms with van der Waals surface area (Å²) in [6.07, 6.45) is 20.7. The second-order valence-corrected chi connectivity index (χ2v) is 14.4. The van der Waals surface area contributed by atoms with Crippen molar-refractivity contribution in [3.63, 3.8) is 0 Å². The largest absolute Gasteiger partial charge is 0.504 e. The average Bonchev–Trinajstić information content (AvgIpc) is 3.40. The molecule has 0 radical (unpaired) electrons. The first kappa shape index (κ1) is 34.7. The van der Waals surface area contributed by atoms with E-state index in [2.05, 4.69) is 11.8 Å². The van der Waals surface area contributed by atoms with E-state index in [1.54, 1.807) is 12.1 Å². The number of carbonyl (C=O) groups is 2. The van der Waals surface area contributed by atoms with E-state index in [1.807, 2.05) is 13.1 Å². The van der Waals surface area contributed by atoms with Crippen LogP contribution in [0.25, 0.3) is 0 Å². The van der Waals surface area contributed by atoms with Gasteiger partial charge in [0.25, 0.3) is 0 Å². The van der Waals surface area contributed by atoms with E-state index >= 15 is 0 Å². The van der Waals surface area contributed by atoms with Gasteiger partial charge in [0.1, 0.15) is 5.76 Å². The number of phenols is 1. The highest BCUT2D eigenvalue weighted by atomic mass is 16.6. The molecule has 1 spiro atoms. The van der Waals surface area contributed by atoms with Crippen LogP contribution in [0.15, 0.2) is 24.0 Å². The fourth-order valence-corrected chi connectivity index (χ4v) is 8.58. The van der Waals surface area contributed by atoms with Crippen LogP contribution < -0.4 is 4.74 Å². The number of rotatable bonds is 19. The van der Waals surface area contributed by atoms with Crippen molar-refractivity contribution >= 4 is 11.9 Å². The number of nitrogens with zero attached hydrogens (tertiary/aromatic N) is 1. The van der Waals surface area contributed by atoms with Gasteiger partial charge in [0.15, 0.2) is 23.7 Å². The number of piperidine rings is 1. The molecule has 2 bridgehead atoms. The number of ether oxygens (including phenoxy) is 3. The topological polar surface area (TPSA) is 106 Å². The minimum atomic E-state index is -1.13. The van der Waals surface area contributed by atoms with Crippen molar-refractivity contribution in [2.75, 3.05) is 13.6 Å². The molecular formula is C38H57NO7. The molecule has 1 fully saturated rings. The number of hydrogen-bond acceptors (Lipinski definition) is 8. The van der Waals surface area contributed by atoms with E-state index in [4.69, 9.17) is 14.2 Å². The number of carbonyl (C=O) groups excluding carboxylic acids is 2. The summed E-state index contributed by atoms with van der Waals surface area (Å²) in [5.74, 6) is -0.354. The minimum Gasteiger partial charge on any atom is -0.504 e. The lowest BCUT2D eigenvalue weighted by molar-refractivity contribution is -0.175. The Bertz CT molecular complexity index is 1250. The second kappa shape index (κ2) is 15.5. The molecule has 1 saturated heterocycles. The smallest absolute Gasteiger partial charge is 0.352 e. The van der Waals surface area contributed by atoms with Crippen molar-refractivity contribution in [1.82, 2.24) is 4.90 Å². The Morgan fingerprint density at radius 1 is 0.978 bits per heavy atom. The normalized spacial score (nSPS) is 26.6. The summed E-state index contributed by atoms with van der Waals surface area (Å²) in [5, 5.41) is 22.9. The Labute approximate surface area is 275 Å². The molecule has 0 aromatic heterocycles. The summed E-state index contributed by atoms with van der Waals surface area (Å²) >= 11 is 0. The zero-order valence-corrected chi connectivity index (χ0v) is 28.5. The molecule has 5 rings (SSSR count). The van der Waals surface area contributed by atoms with Crippen LogP contribution in [-0.4, -0.2) is 64.5 Å². The Morgan fingerprint density at radius 3 is 2.22 bits per heavy atom. The first-order valence-corrected chi connectivity index (χ1v) is 18.3. The van der Waals surface area contributed by atoms with E-state index in [9.17, 15) is 19.8 Å². The van der Waals surface area contributed by atoms with Crippen LogP contribution in [0.3, 0.4) is 0 Å². The van der Waals surface area contributed by atoms with Crippen molar-refractivity contribution in [3.05, 3.63) is 35.1 Å². The molecule has 1 aromatic rings. The molecule has 1 aromatic carbocycles. The summed E-state index contributed by atoms with van der Waals surface area (Å²) in [6.45, 7) is 4.54. The first-order chi connectivity index (χ1) is 22.2. The Hall–Kier alpha value is -2.58. The molecule has 2 aliphatic heterocycles. The second-order valence-electron chi connectivity index (χ2n) is 14.4. The molecule has 46 heavy (non-hydrogen) atoms. The van der Waals surface area contributed by atoms with Crippen LogP contribution >= 0.6 is 0 Å². The maximum absolute atomic E-state index is 13.1. The lowest BCUT2D eigenvalue weighted by Crippen LogP contribution is -2.74. The maximum Gasteiger partial charge on any atom is 0.352 e. The summed E-state index contributed by atoms with van der Waals surface area (Å²) < 4.78 is 17.6. The maximum atomic E-state index is 13.1. The molecule has 0 amide bonds. The summed E-state index contributed by atoms with van der Waals surface area (Å²) in [7, 11) is 2.03. The van der Waals surface area contributed by atoms with Crippen molar-refractivity contribution in [2.24, 2.45) is 0 Å². The molecule has 2 heterocycles. The average molecular weight is 640 g/mol. The first-order valence-electron chi connectivity index (χ1n) is 18.3. The quantitative estimate of drug-likeness (QED) is 0.119. The predicted octanol–water partition coefficient (Wildman–Crippen LogP) is 7.41. The highest BCUT2D eigenvalue weighted by Crippen LogP contribution is 2.65. The van der Waals surface area contributed by atoms with E-state index < -0.39 is 35.2 Å². The number of unbranched alkanes of at least 4 members (excludes halogenated alkanes) is 14. The van der Waals surface area contributed by atoms with Gasteiger partial charge in [0, 0.05) is 24.4 Å². The Balaban J connectivity index is 1.02. The van der Waals surface area contributed by atoms with Crippen LogP contribution in [0, 0.1) is 0 Å². The van der Waals surface area contributed by atoms with Gasteiger partial charge in [-0.2, -0.15) is 0 Å². The van der Waals surface area contributed by atoms with Crippen molar-refractivity contribution in [3.8, 4) is 11.5 Å². The molecule has 5 atom stereocenters. The van der Waals surface area contributed by atoms with Crippen LogP contribution in [-0.2, 0) is 30.9 Å². The van der Waals surface area contributed by atoms with Gasteiger partial charge in [-0.25, -0.2) is 4.79 Å². The van der Waals surface area contributed by atoms with Gasteiger partial charge in [-0.05, 0) is 57.5 Å². The van der Waals surface area contributed by atoms with Gasteiger partial charge in [0.2, 0.25) is 0 Å². The zero-order chi connectivity index (χ0) is 32.7. The number of aliphatic hydroxyl groups is 1. The molecule has 256 valence electrons. The number of likely N-dealkylation sites (tertiary alicyclic amines) is 1. The van der Waals surface area contributed by atoms with Crippen molar-refractivity contribution < 1.29 is 34.0 Å². The highest BCUT2D eigenvalue weighted by Gasteiger charge is 2.72. The van der Waals surface area contributed by atoms with E-state index in [0.29, 0.717) is 30.8 Å². The minimum absolute atomic E-state index is 0.0223. The lowest BCUT2D eigenvalue weighted by atomic mass is 9.50. The van der Waals surface area contributed by atoms with Gasteiger partial charge in [-0.15, -0.1) is 0 Å². The molecule has 8 nitrogen and oxygen atoms in total. The molecule has 8 heteroatoms. The van der Waals surface area contributed by atoms with E-state index in [-0.39, 0.29) is 18.2 Å². The number of benzene rings is 1. The van der Waals surface area contributed by atoms with Crippen LogP contribution in [0.1, 0.15) is 141 Å². The van der Waals surface area contributed by atoms with Gasteiger partial charge < -0.3 is 29.3 Å². The van der Waals surface area contributed by atoms with Crippen LogP contribution in [0.4, 0.5) is 0 Å². The molecule has 0 saturated carbocycles. The third-order valence-corrected chi connectivity index (χ3v) is 11.2. The molecular weight excluding hydrogens is 582 g/mol. The highest BCUT2D eigenvalue weighted by molar-refractivity contribution is 5.80. The molecule has 1 unspecified atom stereocenters. The van der Waals surface area contributed by atoms with Gasteiger partial charge in [0.05, 0.1) is 11.0 Å². The van der Waals surface area contributed by atoms with E-state index in [0.717, 1.165) is 36.9 Å². The number of hydrogen-bond donors (Lipinski definition) is 2. The number of esters is 2. The zero-order valence-electron chi connectivity index (χ0n) is 28.5. The van der Waals surface area contributed by atoms with Gasteiger partial charge in [-0.3, -0.25) is 4.79 Å². The van der Waals surface area contributed by atoms with Crippen molar-refractivity contribution in [2.45, 2.75) is 165 Å².